The average molecular weight is 260 g/mol. The van der Waals surface area contributed by atoms with E-state index in [1.807, 2.05) is 0 Å². The van der Waals surface area contributed by atoms with Gasteiger partial charge in [0.15, 0.2) is 0 Å². The molecule has 0 aliphatic heterocycles. The second-order valence-corrected chi connectivity index (χ2v) is 4.29. The lowest BCUT2D eigenvalue weighted by atomic mass is 10.0. The van der Waals surface area contributed by atoms with Crippen molar-refractivity contribution in [2.45, 2.75) is 12.5 Å². The summed E-state index contributed by atoms with van der Waals surface area (Å²) in [5.41, 5.74) is 1.73. The summed E-state index contributed by atoms with van der Waals surface area (Å²) in [5.74, 6) is -1.20. The van der Waals surface area contributed by atoms with E-state index in [0.717, 1.165) is 11.6 Å². The third-order valence-electron chi connectivity index (χ3n) is 2.93. The molecule has 1 atom stereocenters. The standard InChI is InChI=1S/C16H14F2O/c1-2-3-16(19)12-6-4-11(5-7-12)14-9-8-13(17)10-15(14)18/h2,4-10,16,19H,1,3H2/t16-/m0/s1. The minimum absolute atomic E-state index is 0.339. The van der Waals surface area contributed by atoms with E-state index >= 15 is 0 Å². The zero-order valence-corrected chi connectivity index (χ0v) is 10.3. The predicted molar refractivity (Wildman–Crippen MR) is 71.6 cm³/mol. The monoisotopic (exact) mass is 260 g/mol. The topological polar surface area (TPSA) is 20.2 Å². The number of rotatable bonds is 4. The van der Waals surface area contributed by atoms with Gasteiger partial charge in [0.1, 0.15) is 11.6 Å². The summed E-state index contributed by atoms with van der Waals surface area (Å²) in [4.78, 5) is 0. The van der Waals surface area contributed by atoms with Crippen molar-refractivity contribution < 1.29 is 13.9 Å². The van der Waals surface area contributed by atoms with Crippen molar-refractivity contribution in [3.63, 3.8) is 0 Å². The van der Waals surface area contributed by atoms with E-state index in [1.54, 1.807) is 30.3 Å². The average Bonchev–Trinajstić information content (AvgIpc) is 2.39. The predicted octanol–water partition coefficient (Wildman–Crippen LogP) is 4.24. The molecular weight excluding hydrogens is 246 g/mol. The Hall–Kier alpha value is -2.00. The SMILES string of the molecule is C=CC[C@H](O)c1ccc(-c2ccc(F)cc2F)cc1. The molecule has 19 heavy (non-hydrogen) atoms. The molecule has 2 aromatic carbocycles. The van der Waals surface area contributed by atoms with Crippen LogP contribution in [0.25, 0.3) is 11.1 Å². The maximum Gasteiger partial charge on any atom is 0.133 e. The number of aliphatic hydroxyl groups is 1. The van der Waals surface area contributed by atoms with Gasteiger partial charge in [0.05, 0.1) is 6.10 Å². The van der Waals surface area contributed by atoms with Crippen molar-refractivity contribution in [3.8, 4) is 11.1 Å². The van der Waals surface area contributed by atoms with Crippen molar-refractivity contribution >= 4 is 0 Å². The summed E-state index contributed by atoms with van der Waals surface area (Å²) in [6, 6.07) is 10.4. The maximum atomic E-state index is 13.6. The molecule has 98 valence electrons. The molecule has 0 unspecified atom stereocenters. The van der Waals surface area contributed by atoms with Crippen molar-refractivity contribution in [1.29, 1.82) is 0 Å². The molecule has 1 N–H and O–H groups in total. The van der Waals surface area contributed by atoms with Crippen LogP contribution in [0.2, 0.25) is 0 Å². The highest BCUT2D eigenvalue weighted by atomic mass is 19.1. The molecule has 2 aromatic rings. The van der Waals surface area contributed by atoms with Gasteiger partial charge in [0.25, 0.3) is 0 Å². The molecule has 1 nitrogen and oxygen atoms in total. The molecule has 0 aliphatic rings. The molecule has 0 bridgehead atoms. The molecule has 0 aromatic heterocycles. The van der Waals surface area contributed by atoms with Gasteiger partial charge in [-0.3, -0.25) is 0 Å². The van der Waals surface area contributed by atoms with Gasteiger partial charge >= 0.3 is 0 Å². The van der Waals surface area contributed by atoms with Crippen molar-refractivity contribution in [2.24, 2.45) is 0 Å². The number of hydrogen-bond donors (Lipinski definition) is 1. The van der Waals surface area contributed by atoms with Gasteiger partial charge in [-0.15, -0.1) is 6.58 Å². The fourth-order valence-electron chi connectivity index (χ4n) is 1.90. The van der Waals surface area contributed by atoms with Gasteiger partial charge in [-0.1, -0.05) is 30.3 Å². The lowest BCUT2D eigenvalue weighted by Crippen LogP contribution is -1.95. The van der Waals surface area contributed by atoms with Gasteiger partial charge in [0.2, 0.25) is 0 Å². The minimum Gasteiger partial charge on any atom is -0.388 e. The van der Waals surface area contributed by atoms with E-state index in [2.05, 4.69) is 6.58 Å². The Bertz CT molecular complexity index is 576. The molecule has 0 saturated heterocycles. The molecule has 0 amide bonds. The second kappa shape index (κ2) is 5.76. The first kappa shape index (κ1) is 13.4. The molecule has 0 heterocycles. The van der Waals surface area contributed by atoms with E-state index in [4.69, 9.17) is 0 Å². The van der Waals surface area contributed by atoms with Crippen LogP contribution in [0.1, 0.15) is 18.1 Å². The Morgan fingerprint density at radius 2 is 1.79 bits per heavy atom. The van der Waals surface area contributed by atoms with Crippen LogP contribution in [0.4, 0.5) is 8.78 Å². The summed E-state index contributed by atoms with van der Waals surface area (Å²) >= 11 is 0. The first-order chi connectivity index (χ1) is 9.11. The second-order valence-electron chi connectivity index (χ2n) is 4.29. The minimum atomic E-state index is -0.607. The lowest BCUT2D eigenvalue weighted by molar-refractivity contribution is 0.181. The Kier molecular flexibility index (Phi) is 4.07. The van der Waals surface area contributed by atoms with Crippen LogP contribution in [-0.2, 0) is 0 Å². The highest BCUT2D eigenvalue weighted by Crippen LogP contribution is 2.26. The first-order valence-electron chi connectivity index (χ1n) is 5.96. The molecule has 0 saturated carbocycles. The molecule has 0 radical (unpaired) electrons. The zero-order valence-electron chi connectivity index (χ0n) is 10.3. The highest BCUT2D eigenvalue weighted by Gasteiger charge is 2.08. The highest BCUT2D eigenvalue weighted by molar-refractivity contribution is 5.64. The Labute approximate surface area is 110 Å². The van der Waals surface area contributed by atoms with Crippen molar-refractivity contribution in [1.82, 2.24) is 0 Å². The summed E-state index contributed by atoms with van der Waals surface area (Å²) in [7, 11) is 0. The summed E-state index contributed by atoms with van der Waals surface area (Å²) < 4.78 is 26.4. The summed E-state index contributed by atoms with van der Waals surface area (Å²) in [6.07, 6.45) is 1.49. The van der Waals surface area contributed by atoms with Crippen LogP contribution in [0.3, 0.4) is 0 Å². The molecule has 3 heteroatoms. The van der Waals surface area contributed by atoms with E-state index in [9.17, 15) is 13.9 Å². The Morgan fingerprint density at radius 3 is 2.37 bits per heavy atom. The van der Waals surface area contributed by atoms with Crippen LogP contribution in [0.15, 0.2) is 55.1 Å². The van der Waals surface area contributed by atoms with Crippen molar-refractivity contribution in [2.75, 3.05) is 0 Å². The molecule has 0 fully saturated rings. The maximum absolute atomic E-state index is 13.6. The van der Waals surface area contributed by atoms with Gasteiger partial charge in [-0.2, -0.15) is 0 Å². The van der Waals surface area contributed by atoms with Crippen LogP contribution in [0.5, 0.6) is 0 Å². The Morgan fingerprint density at radius 1 is 1.11 bits per heavy atom. The van der Waals surface area contributed by atoms with Gasteiger partial charge in [-0.25, -0.2) is 8.78 Å². The molecule has 0 spiro atoms. The molecule has 0 aliphatic carbocycles. The fourth-order valence-corrected chi connectivity index (χ4v) is 1.90. The quantitative estimate of drug-likeness (QED) is 0.815. The first-order valence-corrected chi connectivity index (χ1v) is 5.96. The Balaban J connectivity index is 2.29. The van der Waals surface area contributed by atoms with E-state index in [1.165, 1.54) is 12.1 Å². The number of aliphatic hydroxyl groups excluding tert-OH is 1. The number of hydrogen-bond acceptors (Lipinski definition) is 1. The van der Waals surface area contributed by atoms with Crippen LogP contribution in [-0.4, -0.2) is 5.11 Å². The van der Waals surface area contributed by atoms with E-state index < -0.39 is 17.7 Å². The van der Waals surface area contributed by atoms with Gasteiger partial charge < -0.3 is 5.11 Å². The third kappa shape index (κ3) is 3.06. The summed E-state index contributed by atoms with van der Waals surface area (Å²) in [6.45, 7) is 3.57. The van der Waals surface area contributed by atoms with Gasteiger partial charge in [-0.05, 0) is 29.7 Å². The number of halogens is 2. The van der Waals surface area contributed by atoms with Crippen LogP contribution in [0, 0.1) is 11.6 Å². The normalized spacial score (nSPS) is 12.2. The molecular formula is C16H14F2O. The number of benzene rings is 2. The molecule has 2 rings (SSSR count). The third-order valence-corrected chi connectivity index (χ3v) is 2.93. The van der Waals surface area contributed by atoms with E-state index in [-0.39, 0.29) is 0 Å². The van der Waals surface area contributed by atoms with Crippen LogP contribution < -0.4 is 0 Å². The zero-order chi connectivity index (χ0) is 13.8. The largest absolute Gasteiger partial charge is 0.388 e. The fraction of sp³-hybridized carbons (Fsp3) is 0.125. The van der Waals surface area contributed by atoms with E-state index in [0.29, 0.717) is 17.5 Å². The summed E-state index contributed by atoms with van der Waals surface area (Å²) in [5, 5.41) is 9.78. The van der Waals surface area contributed by atoms with Gasteiger partial charge in [0, 0.05) is 11.6 Å². The smallest absolute Gasteiger partial charge is 0.133 e. The lowest BCUT2D eigenvalue weighted by Gasteiger charge is -2.10. The van der Waals surface area contributed by atoms with Crippen LogP contribution >= 0.6 is 0 Å². The van der Waals surface area contributed by atoms with Crippen molar-refractivity contribution in [3.05, 3.63) is 72.3 Å².